The molecule has 12 heteroatoms. The number of ether oxygens (including phenoxy) is 1. The van der Waals surface area contributed by atoms with E-state index in [2.05, 4.69) is 5.32 Å². The predicted molar refractivity (Wildman–Crippen MR) is 121 cm³/mol. The smallest absolute Gasteiger partial charge is 0.333 e. The molecule has 10 nitrogen and oxygen atoms in total. The van der Waals surface area contributed by atoms with E-state index >= 15 is 0 Å². The normalized spacial score (nSPS) is 28.4. The second kappa shape index (κ2) is 9.55. The lowest BCUT2D eigenvalue weighted by Gasteiger charge is -2.56. The molecule has 1 aromatic carbocycles. The summed E-state index contributed by atoms with van der Waals surface area (Å²) in [6, 6.07) is 4.98. The van der Waals surface area contributed by atoms with Gasteiger partial charge in [0.25, 0.3) is 0 Å². The molecule has 0 radical (unpaired) electrons. The standard InChI is InChI=1S/C22H24ClN3O7S/c1-22(32)10-34-20-17(24-14(27)7-4-12-2-5-13(23)6-3-12)19(30)26(20)18(22)21(31)33-11-25-15(28)8-9-16(25)29/h2-3,5-6,17-18,20,32H,4,7-11H2,1H3,(H,24,27)/t17?,18?,20-,22?/m1/s1. The zero-order chi connectivity index (χ0) is 24.6. The van der Waals surface area contributed by atoms with Crippen molar-refractivity contribution >= 4 is 53.0 Å². The number of fused-ring (bicyclic) bond motifs is 1. The molecular weight excluding hydrogens is 486 g/mol. The number of imide groups is 1. The molecule has 4 amide bonds. The zero-order valence-electron chi connectivity index (χ0n) is 18.4. The quantitative estimate of drug-likeness (QED) is 0.307. The van der Waals surface area contributed by atoms with E-state index in [9.17, 15) is 29.1 Å². The van der Waals surface area contributed by atoms with E-state index in [0.717, 1.165) is 10.5 Å². The van der Waals surface area contributed by atoms with Crippen LogP contribution in [-0.4, -0.2) is 80.0 Å². The third-order valence-electron chi connectivity index (χ3n) is 6.08. The van der Waals surface area contributed by atoms with Gasteiger partial charge in [0.15, 0.2) is 12.8 Å². The highest BCUT2D eigenvalue weighted by Gasteiger charge is 2.61. The van der Waals surface area contributed by atoms with Crippen LogP contribution < -0.4 is 5.32 Å². The number of nitrogens with zero attached hydrogens (tertiary/aromatic N) is 2. The number of amides is 4. The van der Waals surface area contributed by atoms with Crippen LogP contribution in [0, 0.1) is 0 Å². The summed E-state index contributed by atoms with van der Waals surface area (Å²) in [7, 11) is 0. The van der Waals surface area contributed by atoms with Crippen LogP contribution in [0.15, 0.2) is 24.3 Å². The van der Waals surface area contributed by atoms with Crippen LogP contribution in [0.2, 0.25) is 5.02 Å². The van der Waals surface area contributed by atoms with Crippen molar-refractivity contribution in [3.8, 4) is 0 Å². The number of rotatable bonds is 7. The van der Waals surface area contributed by atoms with Gasteiger partial charge in [-0.05, 0) is 31.0 Å². The molecule has 2 N–H and O–H groups in total. The number of esters is 1. The first-order chi connectivity index (χ1) is 16.1. The lowest BCUT2D eigenvalue weighted by molar-refractivity contribution is -0.181. The molecule has 182 valence electrons. The maximum atomic E-state index is 12.9. The van der Waals surface area contributed by atoms with Gasteiger partial charge in [0.2, 0.25) is 23.6 Å². The molecule has 4 atom stereocenters. The van der Waals surface area contributed by atoms with Gasteiger partial charge in [0, 0.05) is 30.0 Å². The Morgan fingerprint density at radius 2 is 1.85 bits per heavy atom. The molecule has 0 bridgehead atoms. The Balaban J connectivity index is 1.35. The molecular formula is C22H24ClN3O7S. The van der Waals surface area contributed by atoms with Crippen molar-refractivity contribution < 1.29 is 33.8 Å². The lowest BCUT2D eigenvalue weighted by Crippen LogP contribution is -2.79. The predicted octanol–water partition coefficient (Wildman–Crippen LogP) is 0.442. The average Bonchev–Trinajstić information content (AvgIpc) is 3.12. The van der Waals surface area contributed by atoms with Gasteiger partial charge in [-0.25, -0.2) is 9.69 Å². The first-order valence-electron chi connectivity index (χ1n) is 10.8. The van der Waals surface area contributed by atoms with E-state index in [1.54, 1.807) is 12.1 Å². The van der Waals surface area contributed by atoms with Gasteiger partial charge in [-0.3, -0.25) is 19.2 Å². The Labute approximate surface area is 204 Å². The van der Waals surface area contributed by atoms with E-state index in [1.165, 1.54) is 23.6 Å². The van der Waals surface area contributed by atoms with Gasteiger partial charge in [-0.1, -0.05) is 23.7 Å². The Kier molecular flexibility index (Phi) is 6.88. The summed E-state index contributed by atoms with van der Waals surface area (Å²) in [6.07, 6.45) is 0.757. The number of nitrogens with one attached hydrogen (secondary N) is 1. The monoisotopic (exact) mass is 509 g/mol. The fourth-order valence-electron chi connectivity index (χ4n) is 4.20. The second-order valence-corrected chi connectivity index (χ2v) is 10.2. The number of likely N-dealkylation sites (tertiary alicyclic amines) is 1. The molecule has 0 spiro atoms. The Morgan fingerprint density at radius 3 is 2.50 bits per heavy atom. The van der Waals surface area contributed by atoms with Gasteiger partial charge >= 0.3 is 5.97 Å². The highest BCUT2D eigenvalue weighted by Crippen LogP contribution is 2.42. The van der Waals surface area contributed by atoms with E-state index in [0.29, 0.717) is 11.4 Å². The van der Waals surface area contributed by atoms with Crippen molar-refractivity contribution in [3.63, 3.8) is 0 Å². The third-order valence-corrected chi connectivity index (χ3v) is 7.92. The van der Waals surface area contributed by atoms with Crippen LogP contribution in [-0.2, 0) is 35.1 Å². The van der Waals surface area contributed by atoms with Crippen molar-refractivity contribution in [1.29, 1.82) is 0 Å². The first kappa shape index (κ1) is 24.5. The molecule has 0 aliphatic carbocycles. The summed E-state index contributed by atoms with van der Waals surface area (Å²) < 4.78 is 5.14. The zero-order valence-corrected chi connectivity index (χ0v) is 19.9. The van der Waals surface area contributed by atoms with Gasteiger partial charge in [0.1, 0.15) is 17.0 Å². The minimum atomic E-state index is -1.59. The molecule has 3 saturated heterocycles. The third kappa shape index (κ3) is 4.77. The lowest BCUT2D eigenvalue weighted by atomic mass is 9.91. The van der Waals surface area contributed by atoms with Crippen molar-refractivity contribution in [1.82, 2.24) is 15.1 Å². The number of carbonyl (C=O) groups excluding carboxylic acids is 5. The Bertz CT molecular complexity index is 1020. The number of thioether (sulfide) groups is 1. The van der Waals surface area contributed by atoms with Gasteiger partial charge in [0.05, 0.1) is 0 Å². The topological polar surface area (TPSA) is 133 Å². The molecule has 3 aliphatic rings. The molecule has 3 aliphatic heterocycles. The SMILES string of the molecule is CC1(O)CS[C@@H]2C(NC(=O)CCc3ccc(Cl)cc3)C(=O)N2C1C(=O)OCN1C(=O)CCC1=O. The molecule has 3 fully saturated rings. The second-order valence-electron chi connectivity index (χ2n) is 8.69. The maximum absolute atomic E-state index is 12.9. The van der Waals surface area contributed by atoms with Crippen LogP contribution in [0.5, 0.6) is 0 Å². The van der Waals surface area contributed by atoms with E-state index in [4.69, 9.17) is 16.3 Å². The van der Waals surface area contributed by atoms with Crippen LogP contribution in [0.1, 0.15) is 31.7 Å². The van der Waals surface area contributed by atoms with Crippen LogP contribution >= 0.6 is 23.4 Å². The van der Waals surface area contributed by atoms with E-state index in [1.807, 2.05) is 12.1 Å². The van der Waals surface area contributed by atoms with E-state index < -0.39 is 53.5 Å². The largest absolute Gasteiger partial charge is 0.442 e. The molecule has 0 saturated carbocycles. The molecule has 1 aromatic rings. The number of β-lactam (4-membered cyclic amide) rings is 1. The summed E-state index contributed by atoms with van der Waals surface area (Å²) in [4.78, 5) is 63.6. The van der Waals surface area contributed by atoms with Crippen molar-refractivity contribution in [2.24, 2.45) is 0 Å². The molecule has 34 heavy (non-hydrogen) atoms. The minimum absolute atomic E-state index is 0.0558. The van der Waals surface area contributed by atoms with Gasteiger partial charge < -0.3 is 20.1 Å². The van der Waals surface area contributed by atoms with Crippen molar-refractivity contribution in [3.05, 3.63) is 34.9 Å². The minimum Gasteiger partial charge on any atom is -0.442 e. The number of halogens is 1. The van der Waals surface area contributed by atoms with E-state index in [-0.39, 0.29) is 30.9 Å². The number of hydrogen-bond donors (Lipinski definition) is 2. The fraction of sp³-hybridized carbons (Fsp3) is 0.500. The summed E-state index contributed by atoms with van der Waals surface area (Å²) in [5.74, 6) is -2.49. The van der Waals surface area contributed by atoms with Crippen LogP contribution in [0.25, 0.3) is 0 Å². The highest BCUT2D eigenvalue weighted by atomic mass is 35.5. The summed E-state index contributed by atoms with van der Waals surface area (Å²) >= 11 is 7.12. The number of carbonyl (C=O) groups is 5. The maximum Gasteiger partial charge on any atom is 0.333 e. The van der Waals surface area contributed by atoms with Gasteiger partial charge in [-0.2, -0.15) is 0 Å². The Hall–Kier alpha value is -2.63. The Morgan fingerprint density at radius 1 is 1.21 bits per heavy atom. The van der Waals surface area contributed by atoms with Crippen LogP contribution in [0.3, 0.4) is 0 Å². The van der Waals surface area contributed by atoms with Crippen molar-refractivity contribution in [2.45, 2.75) is 55.7 Å². The summed E-state index contributed by atoms with van der Waals surface area (Å²) in [5, 5.41) is 13.6. The summed E-state index contributed by atoms with van der Waals surface area (Å²) in [6.45, 7) is 0.855. The highest BCUT2D eigenvalue weighted by molar-refractivity contribution is 8.00. The molecule has 0 aromatic heterocycles. The van der Waals surface area contributed by atoms with Crippen molar-refractivity contribution in [2.75, 3.05) is 12.5 Å². The molecule has 3 unspecified atom stereocenters. The average molecular weight is 510 g/mol. The number of aliphatic hydroxyl groups is 1. The summed E-state index contributed by atoms with van der Waals surface area (Å²) in [5.41, 5.74) is -0.654. The molecule has 4 rings (SSSR count). The van der Waals surface area contributed by atoms with Gasteiger partial charge in [-0.15, -0.1) is 11.8 Å². The molecule has 3 heterocycles. The fourth-order valence-corrected chi connectivity index (χ4v) is 5.75. The number of aryl methyl sites for hydroxylation is 1. The number of benzene rings is 1. The number of hydrogen-bond acceptors (Lipinski definition) is 8. The first-order valence-corrected chi connectivity index (χ1v) is 12.2. The van der Waals surface area contributed by atoms with Crippen LogP contribution in [0.4, 0.5) is 0 Å².